The molecule has 1 aliphatic carbocycles. The van der Waals surface area contributed by atoms with E-state index in [1.165, 1.54) is 12.0 Å². The summed E-state index contributed by atoms with van der Waals surface area (Å²) in [7, 11) is 0. The Kier molecular flexibility index (Phi) is 5.80. The van der Waals surface area contributed by atoms with Crippen molar-refractivity contribution in [1.82, 2.24) is 9.78 Å². The Morgan fingerprint density at radius 1 is 1.22 bits per heavy atom. The van der Waals surface area contributed by atoms with Gasteiger partial charge in [0.15, 0.2) is 0 Å². The zero-order chi connectivity index (χ0) is 15.4. The molecule has 1 aromatic carbocycles. The molecule has 124 valence electrons. The number of benzene rings is 1. The van der Waals surface area contributed by atoms with Crippen LogP contribution in [0, 0.1) is 0 Å². The summed E-state index contributed by atoms with van der Waals surface area (Å²) < 4.78 is 1.81. The Hall–Kier alpha value is -1.85. The number of amides is 1. The van der Waals surface area contributed by atoms with Gasteiger partial charge in [0.25, 0.3) is 0 Å². The summed E-state index contributed by atoms with van der Waals surface area (Å²) in [6.45, 7) is 0.685. The van der Waals surface area contributed by atoms with E-state index in [9.17, 15) is 4.79 Å². The van der Waals surface area contributed by atoms with Gasteiger partial charge in [0, 0.05) is 6.20 Å². The van der Waals surface area contributed by atoms with Gasteiger partial charge in [-0.1, -0.05) is 49.6 Å². The molecule has 0 bridgehead atoms. The van der Waals surface area contributed by atoms with Crippen molar-refractivity contribution < 1.29 is 4.79 Å². The number of carbonyl (C=O) groups is 1. The van der Waals surface area contributed by atoms with Gasteiger partial charge in [-0.2, -0.15) is 5.10 Å². The van der Waals surface area contributed by atoms with Gasteiger partial charge >= 0.3 is 0 Å². The molecule has 1 heterocycles. The molecule has 3 N–H and O–H groups in total. The molecule has 6 heteroatoms. The van der Waals surface area contributed by atoms with Gasteiger partial charge in [0.2, 0.25) is 5.91 Å². The molecule has 3 rings (SSSR count). The number of nitrogens with zero attached hydrogens (tertiary/aromatic N) is 2. The third kappa shape index (κ3) is 4.33. The van der Waals surface area contributed by atoms with Gasteiger partial charge in [0.05, 0.1) is 24.0 Å². The lowest BCUT2D eigenvalue weighted by Crippen LogP contribution is -2.52. The maximum absolute atomic E-state index is 12.4. The number of nitrogens with two attached hydrogens (primary N) is 1. The van der Waals surface area contributed by atoms with Gasteiger partial charge in [-0.25, -0.2) is 0 Å². The summed E-state index contributed by atoms with van der Waals surface area (Å²) in [5.74, 6) is -0.0912. The Labute approximate surface area is 142 Å². The number of anilines is 1. The molecule has 23 heavy (non-hydrogen) atoms. The first-order chi connectivity index (χ1) is 10.7. The Morgan fingerprint density at radius 2 is 1.91 bits per heavy atom. The van der Waals surface area contributed by atoms with Crippen LogP contribution in [0.4, 0.5) is 5.69 Å². The zero-order valence-electron chi connectivity index (χ0n) is 13.1. The minimum Gasteiger partial charge on any atom is -0.322 e. The van der Waals surface area contributed by atoms with Gasteiger partial charge < -0.3 is 11.1 Å². The van der Waals surface area contributed by atoms with E-state index < -0.39 is 5.54 Å². The van der Waals surface area contributed by atoms with E-state index in [-0.39, 0.29) is 18.3 Å². The molecule has 0 spiro atoms. The number of hydrogen-bond donors (Lipinski definition) is 2. The first-order valence-electron chi connectivity index (χ1n) is 7.82. The summed E-state index contributed by atoms with van der Waals surface area (Å²) in [5.41, 5.74) is 7.40. The van der Waals surface area contributed by atoms with Crippen LogP contribution in [0.5, 0.6) is 0 Å². The van der Waals surface area contributed by atoms with Gasteiger partial charge in [-0.15, -0.1) is 12.4 Å². The van der Waals surface area contributed by atoms with Crippen LogP contribution < -0.4 is 11.1 Å². The molecular weight excluding hydrogens is 312 g/mol. The maximum atomic E-state index is 12.4. The summed E-state index contributed by atoms with van der Waals surface area (Å²) in [4.78, 5) is 12.4. The molecule has 1 fully saturated rings. The fourth-order valence-corrected chi connectivity index (χ4v) is 2.95. The second-order valence-electron chi connectivity index (χ2n) is 6.08. The molecule has 0 aliphatic heterocycles. The minimum atomic E-state index is -0.722. The molecule has 1 aliphatic rings. The molecule has 2 aromatic rings. The van der Waals surface area contributed by atoms with E-state index in [1.54, 1.807) is 6.20 Å². The van der Waals surface area contributed by atoms with Crippen molar-refractivity contribution in [1.29, 1.82) is 0 Å². The molecule has 5 nitrogen and oxygen atoms in total. The Balaban J connectivity index is 0.00000192. The number of rotatable bonds is 4. The van der Waals surface area contributed by atoms with Crippen molar-refractivity contribution in [2.24, 2.45) is 5.73 Å². The van der Waals surface area contributed by atoms with Crippen LogP contribution in [0.2, 0.25) is 0 Å². The highest BCUT2D eigenvalue weighted by molar-refractivity contribution is 5.97. The Morgan fingerprint density at radius 3 is 2.61 bits per heavy atom. The summed E-state index contributed by atoms with van der Waals surface area (Å²) >= 11 is 0. The first kappa shape index (κ1) is 17.5. The average molecular weight is 335 g/mol. The number of aromatic nitrogens is 2. The molecule has 0 atom stereocenters. The quantitative estimate of drug-likeness (QED) is 0.902. The van der Waals surface area contributed by atoms with E-state index in [4.69, 9.17) is 5.73 Å². The van der Waals surface area contributed by atoms with Crippen LogP contribution >= 0.6 is 12.4 Å². The molecule has 1 saturated carbocycles. The third-order valence-electron chi connectivity index (χ3n) is 4.28. The van der Waals surface area contributed by atoms with E-state index in [0.29, 0.717) is 12.2 Å². The molecule has 1 amide bonds. The summed E-state index contributed by atoms with van der Waals surface area (Å²) in [6, 6.07) is 10.1. The first-order valence-corrected chi connectivity index (χ1v) is 7.82. The number of hydrogen-bond acceptors (Lipinski definition) is 3. The van der Waals surface area contributed by atoms with E-state index in [0.717, 1.165) is 25.7 Å². The van der Waals surface area contributed by atoms with E-state index >= 15 is 0 Å². The fraction of sp³-hybridized carbons (Fsp3) is 0.412. The van der Waals surface area contributed by atoms with Gasteiger partial charge in [0.1, 0.15) is 0 Å². The predicted octanol–water partition coefficient (Wildman–Crippen LogP) is 2.95. The molecule has 1 aromatic heterocycles. The maximum Gasteiger partial charge on any atom is 0.244 e. The lowest BCUT2D eigenvalue weighted by Gasteiger charge is -2.31. The van der Waals surface area contributed by atoms with Crippen LogP contribution in [-0.4, -0.2) is 21.2 Å². The topological polar surface area (TPSA) is 72.9 Å². The fourth-order valence-electron chi connectivity index (χ4n) is 2.95. The lowest BCUT2D eigenvalue weighted by molar-refractivity contribution is -0.122. The van der Waals surface area contributed by atoms with Crippen LogP contribution in [-0.2, 0) is 11.3 Å². The second kappa shape index (κ2) is 7.62. The standard InChI is InChI=1S/C17H22N4O.ClH/c18-17(9-5-2-6-10-17)16(22)20-15-11-19-21(13-15)12-14-7-3-1-4-8-14;/h1,3-4,7-8,11,13H,2,5-6,9-10,12,18H2,(H,20,22);1H. The number of halogens is 1. The van der Waals surface area contributed by atoms with Crippen molar-refractivity contribution in [3.8, 4) is 0 Å². The van der Waals surface area contributed by atoms with Gasteiger partial charge in [-0.3, -0.25) is 9.48 Å². The normalized spacial score (nSPS) is 16.4. The number of carbonyl (C=O) groups excluding carboxylic acids is 1. The highest BCUT2D eigenvalue weighted by Crippen LogP contribution is 2.27. The van der Waals surface area contributed by atoms with Crippen molar-refractivity contribution in [3.05, 3.63) is 48.3 Å². The molecule has 0 radical (unpaired) electrons. The predicted molar refractivity (Wildman–Crippen MR) is 93.7 cm³/mol. The smallest absolute Gasteiger partial charge is 0.244 e. The van der Waals surface area contributed by atoms with Crippen molar-refractivity contribution in [2.45, 2.75) is 44.2 Å². The lowest BCUT2D eigenvalue weighted by atomic mass is 9.82. The highest BCUT2D eigenvalue weighted by atomic mass is 35.5. The zero-order valence-corrected chi connectivity index (χ0v) is 13.9. The SMILES string of the molecule is Cl.NC1(C(=O)Nc2cnn(Cc3ccccc3)c2)CCCCC1. The van der Waals surface area contributed by atoms with Crippen LogP contribution in [0.25, 0.3) is 0 Å². The van der Waals surface area contributed by atoms with Crippen molar-refractivity contribution in [3.63, 3.8) is 0 Å². The largest absolute Gasteiger partial charge is 0.322 e. The van der Waals surface area contributed by atoms with Crippen LogP contribution in [0.3, 0.4) is 0 Å². The highest BCUT2D eigenvalue weighted by Gasteiger charge is 2.35. The molecular formula is C17H23ClN4O. The molecule has 0 saturated heterocycles. The molecule has 0 unspecified atom stereocenters. The van der Waals surface area contributed by atoms with E-state index in [2.05, 4.69) is 22.5 Å². The minimum absolute atomic E-state index is 0. The Bertz CT molecular complexity index is 635. The summed E-state index contributed by atoms with van der Waals surface area (Å²) in [6.07, 6.45) is 8.26. The van der Waals surface area contributed by atoms with Crippen LogP contribution in [0.15, 0.2) is 42.7 Å². The average Bonchev–Trinajstić information content (AvgIpc) is 2.96. The van der Waals surface area contributed by atoms with Crippen molar-refractivity contribution in [2.75, 3.05) is 5.32 Å². The summed E-state index contributed by atoms with van der Waals surface area (Å²) in [5, 5.41) is 7.20. The van der Waals surface area contributed by atoms with Crippen molar-refractivity contribution >= 4 is 24.0 Å². The third-order valence-corrected chi connectivity index (χ3v) is 4.28. The van der Waals surface area contributed by atoms with Gasteiger partial charge in [-0.05, 0) is 18.4 Å². The van der Waals surface area contributed by atoms with E-state index in [1.807, 2.05) is 29.1 Å². The second-order valence-corrected chi connectivity index (χ2v) is 6.08. The monoisotopic (exact) mass is 334 g/mol. The van der Waals surface area contributed by atoms with Crippen LogP contribution in [0.1, 0.15) is 37.7 Å². The number of nitrogens with one attached hydrogen (secondary N) is 1.